The van der Waals surface area contributed by atoms with Gasteiger partial charge in [0.25, 0.3) is 0 Å². The van der Waals surface area contributed by atoms with Gasteiger partial charge in [0.1, 0.15) is 5.75 Å². The third kappa shape index (κ3) is 3.10. The zero-order valence-electron chi connectivity index (χ0n) is 8.54. The van der Waals surface area contributed by atoms with Crippen molar-refractivity contribution in [1.82, 2.24) is 0 Å². The van der Waals surface area contributed by atoms with Gasteiger partial charge < -0.3 is 15.6 Å². The second-order valence-corrected chi connectivity index (χ2v) is 4.54. The third-order valence-corrected chi connectivity index (χ3v) is 2.77. The number of hydrogen-bond donors (Lipinski definition) is 2. The molecule has 1 aromatic rings. The van der Waals surface area contributed by atoms with Crippen LogP contribution in [0.15, 0.2) is 16.6 Å². The molecule has 0 bridgehead atoms. The number of halogens is 2. The molecule has 1 atom stereocenters. The Bertz CT molecular complexity index is 411. The van der Waals surface area contributed by atoms with E-state index in [2.05, 4.69) is 15.9 Å². The smallest absolute Gasteiger partial charge is 0.305 e. The van der Waals surface area contributed by atoms with Gasteiger partial charge in [0, 0.05) is 16.1 Å². The Morgan fingerprint density at radius 2 is 2.31 bits per heavy atom. The minimum absolute atomic E-state index is 0.177. The Labute approximate surface area is 106 Å². The van der Waals surface area contributed by atoms with Gasteiger partial charge in [0.15, 0.2) is 0 Å². The Kier molecular flexibility index (Phi) is 4.58. The first-order valence-corrected chi connectivity index (χ1v) is 5.63. The maximum atomic E-state index is 10.6. The van der Waals surface area contributed by atoms with E-state index in [0.717, 1.165) is 4.47 Å². The van der Waals surface area contributed by atoms with Crippen LogP contribution in [-0.2, 0) is 4.79 Å². The zero-order valence-corrected chi connectivity index (χ0v) is 10.9. The van der Waals surface area contributed by atoms with Gasteiger partial charge in [-0.05, 0) is 12.1 Å². The van der Waals surface area contributed by atoms with Crippen molar-refractivity contribution in [2.45, 2.75) is 12.5 Å². The Balaban J connectivity index is 3.15. The summed E-state index contributed by atoms with van der Waals surface area (Å²) in [6.07, 6.45) is -0.177. The Morgan fingerprint density at radius 1 is 1.69 bits per heavy atom. The summed E-state index contributed by atoms with van der Waals surface area (Å²) in [6.45, 7) is 0. The van der Waals surface area contributed by atoms with Crippen LogP contribution in [0.5, 0.6) is 5.75 Å². The van der Waals surface area contributed by atoms with Crippen LogP contribution in [0.2, 0.25) is 5.02 Å². The average molecular weight is 309 g/mol. The van der Waals surface area contributed by atoms with Crippen molar-refractivity contribution in [3.05, 3.63) is 27.2 Å². The predicted molar refractivity (Wildman–Crippen MR) is 64.9 cm³/mol. The third-order valence-electron chi connectivity index (χ3n) is 2.04. The molecule has 88 valence electrons. The molecule has 0 aliphatic heterocycles. The highest BCUT2D eigenvalue weighted by Crippen LogP contribution is 2.35. The lowest BCUT2D eigenvalue weighted by molar-refractivity contribution is -0.137. The number of carboxylic acid groups (broad SMARTS) is 1. The van der Waals surface area contributed by atoms with Gasteiger partial charge in [-0.2, -0.15) is 0 Å². The molecule has 1 aromatic carbocycles. The van der Waals surface area contributed by atoms with Gasteiger partial charge in [0.05, 0.1) is 18.6 Å². The van der Waals surface area contributed by atoms with Crippen molar-refractivity contribution in [3.63, 3.8) is 0 Å². The van der Waals surface area contributed by atoms with E-state index >= 15 is 0 Å². The van der Waals surface area contributed by atoms with Crippen LogP contribution < -0.4 is 10.5 Å². The van der Waals surface area contributed by atoms with E-state index in [0.29, 0.717) is 16.3 Å². The number of methoxy groups -OCH3 is 1. The first-order chi connectivity index (χ1) is 7.45. The first-order valence-electron chi connectivity index (χ1n) is 4.46. The number of hydrogen-bond acceptors (Lipinski definition) is 3. The summed E-state index contributed by atoms with van der Waals surface area (Å²) in [7, 11) is 1.46. The fourth-order valence-corrected chi connectivity index (χ4v) is 2.28. The van der Waals surface area contributed by atoms with Crippen LogP contribution >= 0.6 is 27.5 Å². The number of carboxylic acids is 1. The largest absolute Gasteiger partial charge is 0.495 e. The fraction of sp³-hybridized carbons (Fsp3) is 0.300. The van der Waals surface area contributed by atoms with E-state index in [4.69, 9.17) is 27.2 Å². The minimum Gasteiger partial charge on any atom is -0.495 e. The molecule has 0 aliphatic carbocycles. The molecule has 3 N–H and O–H groups in total. The maximum Gasteiger partial charge on any atom is 0.305 e. The lowest BCUT2D eigenvalue weighted by Crippen LogP contribution is -2.16. The van der Waals surface area contributed by atoms with Crippen LogP contribution in [0.25, 0.3) is 0 Å². The Hall–Kier alpha value is -0.780. The number of rotatable bonds is 4. The molecule has 0 saturated heterocycles. The minimum atomic E-state index is -0.967. The summed E-state index contributed by atoms with van der Waals surface area (Å²) in [4.78, 5) is 10.6. The van der Waals surface area contributed by atoms with E-state index in [1.54, 1.807) is 12.1 Å². The van der Waals surface area contributed by atoms with Crippen LogP contribution in [0.3, 0.4) is 0 Å². The molecule has 0 amide bonds. The second kappa shape index (κ2) is 5.52. The number of benzene rings is 1. The molecule has 6 heteroatoms. The van der Waals surface area contributed by atoms with Crippen LogP contribution in [-0.4, -0.2) is 18.2 Å². The topological polar surface area (TPSA) is 72.5 Å². The lowest BCUT2D eigenvalue weighted by atomic mass is 10.0. The highest BCUT2D eigenvalue weighted by molar-refractivity contribution is 9.10. The van der Waals surface area contributed by atoms with Gasteiger partial charge in [-0.3, -0.25) is 4.79 Å². The highest BCUT2D eigenvalue weighted by Gasteiger charge is 2.18. The van der Waals surface area contributed by atoms with E-state index in [1.165, 1.54) is 7.11 Å². The van der Waals surface area contributed by atoms with Crippen LogP contribution in [0.4, 0.5) is 0 Å². The molecule has 4 nitrogen and oxygen atoms in total. The molecular weight excluding hydrogens is 297 g/mol. The summed E-state index contributed by atoms with van der Waals surface area (Å²) in [6, 6.07) is 2.72. The first kappa shape index (κ1) is 13.3. The zero-order chi connectivity index (χ0) is 12.3. The summed E-state index contributed by atoms with van der Waals surface area (Å²) in [5.41, 5.74) is 6.34. The lowest BCUT2D eigenvalue weighted by Gasteiger charge is -2.15. The number of nitrogens with two attached hydrogens (primary N) is 1. The molecule has 0 aliphatic rings. The van der Waals surface area contributed by atoms with E-state index in [9.17, 15) is 4.79 Å². The SMILES string of the molecule is COc1c(Cl)cc(Br)cc1C(N)CC(=O)O. The summed E-state index contributed by atoms with van der Waals surface area (Å²) >= 11 is 9.23. The van der Waals surface area contributed by atoms with Gasteiger partial charge in [-0.15, -0.1) is 0 Å². The monoisotopic (exact) mass is 307 g/mol. The standard InChI is InChI=1S/C10H11BrClNO3/c1-16-10-6(8(13)4-9(14)15)2-5(11)3-7(10)12/h2-3,8H,4,13H2,1H3,(H,14,15). The fourth-order valence-electron chi connectivity index (χ4n) is 1.37. The normalized spacial score (nSPS) is 12.2. The molecule has 1 rings (SSSR count). The molecular formula is C10H11BrClNO3. The van der Waals surface area contributed by atoms with E-state index < -0.39 is 12.0 Å². The maximum absolute atomic E-state index is 10.6. The molecule has 0 spiro atoms. The second-order valence-electron chi connectivity index (χ2n) is 3.21. The van der Waals surface area contributed by atoms with Gasteiger partial charge >= 0.3 is 5.97 Å². The van der Waals surface area contributed by atoms with E-state index in [-0.39, 0.29) is 6.42 Å². The van der Waals surface area contributed by atoms with Crippen LogP contribution in [0.1, 0.15) is 18.0 Å². The van der Waals surface area contributed by atoms with Gasteiger partial charge in [-0.25, -0.2) is 0 Å². The molecule has 0 saturated carbocycles. The summed E-state index contributed by atoms with van der Waals surface area (Å²) < 4.78 is 5.84. The molecule has 16 heavy (non-hydrogen) atoms. The number of aliphatic carboxylic acids is 1. The highest BCUT2D eigenvalue weighted by atomic mass is 79.9. The summed E-state index contributed by atoms with van der Waals surface area (Å²) in [5.74, 6) is -0.552. The van der Waals surface area contributed by atoms with Crippen molar-refractivity contribution in [2.24, 2.45) is 5.73 Å². The number of carbonyl (C=O) groups is 1. The van der Waals surface area contributed by atoms with Crippen molar-refractivity contribution >= 4 is 33.5 Å². The molecule has 0 aromatic heterocycles. The van der Waals surface area contributed by atoms with Crippen molar-refractivity contribution in [2.75, 3.05) is 7.11 Å². The average Bonchev–Trinajstić information content (AvgIpc) is 2.15. The number of ether oxygens (including phenoxy) is 1. The van der Waals surface area contributed by atoms with Crippen molar-refractivity contribution < 1.29 is 14.6 Å². The molecule has 0 radical (unpaired) electrons. The quantitative estimate of drug-likeness (QED) is 0.896. The molecule has 0 fully saturated rings. The predicted octanol–water partition coefficient (Wildman–Crippen LogP) is 2.59. The molecule has 1 unspecified atom stereocenters. The van der Waals surface area contributed by atoms with Gasteiger partial charge in [0.2, 0.25) is 0 Å². The van der Waals surface area contributed by atoms with Crippen molar-refractivity contribution in [3.8, 4) is 5.75 Å². The summed E-state index contributed by atoms with van der Waals surface area (Å²) in [5, 5.41) is 9.08. The van der Waals surface area contributed by atoms with Crippen LogP contribution in [0, 0.1) is 0 Å². The van der Waals surface area contributed by atoms with Gasteiger partial charge in [-0.1, -0.05) is 27.5 Å². The van der Waals surface area contributed by atoms with Crippen molar-refractivity contribution in [1.29, 1.82) is 0 Å². The molecule has 0 heterocycles. The Morgan fingerprint density at radius 3 is 2.81 bits per heavy atom. The van der Waals surface area contributed by atoms with E-state index in [1.807, 2.05) is 0 Å².